The zero-order valence-electron chi connectivity index (χ0n) is 38.6. The van der Waals surface area contributed by atoms with Crippen LogP contribution in [0.5, 0.6) is 0 Å². The number of carbonyl (C=O) groups is 7. The molecule has 0 bridgehead atoms. The molecule has 69 heavy (non-hydrogen) atoms. The van der Waals surface area contributed by atoms with E-state index in [1.807, 2.05) is 0 Å². The molecule has 0 unspecified atom stereocenters. The molecule has 4 heterocycles. The fourth-order valence-corrected chi connectivity index (χ4v) is 10.6. The molecule has 0 radical (unpaired) electrons. The van der Waals surface area contributed by atoms with E-state index in [1.54, 1.807) is 43.8 Å². The quantitative estimate of drug-likeness (QED) is 0.283. The first-order valence-electron chi connectivity index (χ1n) is 22.7. The van der Waals surface area contributed by atoms with E-state index < -0.39 is 140 Å². The van der Waals surface area contributed by atoms with Crippen LogP contribution in [0, 0.1) is 11.3 Å². The fourth-order valence-electron chi connectivity index (χ4n) is 9.71. The average molecular weight is 1020 g/mol. The minimum absolute atomic E-state index is 0.0186. The number of halogens is 8. The van der Waals surface area contributed by atoms with Crippen LogP contribution in [0.15, 0.2) is 29.9 Å². The second-order valence-electron chi connectivity index (χ2n) is 18.9. The number of likely N-dealkylation sites (tertiary alicyclic amines) is 1. The van der Waals surface area contributed by atoms with Crippen molar-refractivity contribution in [2.24, 2.45) is 11.3 Å². The van der Waals surface area contributed by atoms with Crippen molar-refractivity contribution in [2.75, 3.05) is 33.7 Å². The topological polar surface area (TPSA) is 181 Å². The number of rotatable bonds is 10. The molecule has 380 valence electrons. The van der Waals surface area contributed by atoms with Crippen LogP contribution < -0.4 is 16.0 Å². The highest BCUT2D eigenvalue weighted by molar-refractivity contribution is 7.13. The Labute approximate surface area is 403 Å². The van der Waals surface area contributed by atoms with Gasteiger partial charge < -0.3 is 35.6 Å². The molecule has 1 saturated carbocycles. The SMILES string of the molecule is CC(C)C[C@@H]1NC(=O)[C@@H](N(C)C(=O)[C@H](C)NC(=O)[C@@H]2C[C@@H](F)CN2C(=O)C2(C(F)(F)F)CC(F)(F)C2)CCCCNC(=O)[C@H]2C[C@@H](F)CN2C(=O)[C@H](Cc2cc(Cl)ccc2-c2cncs2)N(C)C1=O. The van der Waals surface area contributed by atoms with Crippen LogP contribution in [0.4, 0.5) is 30.7 Å². The minimum Gasteiger partial charge on any atom is -0.354 e. The molecular weight excluding hydrogens is 965 g/mol. The van der Waals surface area contributed by atoms with E-state index in [0.29, 0.717) is 16.1 Å². The smallest absolute Gasteiger partial charge is 0.354 e. The van der Waals surface area contributed by atoms with E-state index in [2.05, 4.69) is 20.9 Å². The predicted octanol–water partition coefficient (Wildman–Crippen LogP) is 4.85. The molecular formula is C45H56ClF7N8O7S. The Morgan fingerprint density at radius 2 is 1.68 bits per heavy atom. The molecule has 0 spiro atoms. The van der Waals surface area contributed by atoms with Gasteiger partial charge in [-0.2, -0.15) is 13.2 Å². The first kappa shape index (κ1) is 53.3. The van der Waals surface area contributed by atoms with Gasteiger partial charge in [0.2, 0.25) is 41.4 Å². The van der Waals surface area contributed by atoms with Crippen molar-refractivity contribution in [3.8, 4) is 10.4 Å². The largest absolute Gasteiger partial charge is 0.403 e. The molecule has 8 atom stereocenters. The van der Waals surface area contributed by atoms with Gasteiger partial charge in [0.05, 0.1) is 23.5 Å². The number of alkyl halides is 7. The number of benzene rings is 1. The molecule has 4 aliphatic rings. The van der Waals surface area contributed by atoms with E-state index >= 15 is 4.39 Å². The Hall–Kier alpha value is -5.06. The van der Waals surface area contributed by atoms with Gasteiger partial charge in [0.1, 0.15) is 48.6 Å². The van der Waals surface area contributed by atoms with Gasteiger partial charge in [-0.3, -0.25) is 38.5 Å². The van der Waals surface area contributed by atoms with Gasteiger partial charge in [-0.05, 0) is 61.8 Å². The van der Waals surface area contributed by atoms with Crippen LogP contribution in [0.2, 0.25) is 5.02 Å². The van der Waals surface area contributed by atoms with Crippen LogP contribution >= 0.6 is 22.9 Å². The zero-order valence-corrected chi connectivity index (χ0v) is 40.2. The molecule has 1 aliphatic carbocycles. The molecule has 1 aromatic carbocycles. The molecule has 2 aromatic rings. The maximum atomic E-state index is 15.2. The first-order chi connectivity index (χ1) is 32.2. The summed E-state index contributed by atoms with van der Waals surface area (Å²) in [6.07, 6.45) is -11.9. The monoisotopic (exact) mass is 1020 g/mol. The number of aromatic nitrogens is 1. The van der Waals surface area contributed by atoms with Crippen molar-refractivity contribution in [2.45, 2.75) is 139 Å². The highest BCUT2D eigenvalue weighted by Crippen LogP contribution is 2.61. The van der Waals surface area contributed by atoms with E-state index in [9.17, 15) is 59.9 Å². The van der Waals surface area contributed by atoms with Crippen molar-refractivity contribution >= 4 is 64.3 Å². The molecule has 3 saturated heterocycles. The number of hydrogen-bond donors (Lipinski definition) is 3. The van der Waals surface area contributed by atoms with E-state index in [1.165, 1.54) is 32.4 Å². The Kier molecular flexibility index (Phi) is 16.3. The van der Waals surface area contributed by atoms with E-state index in [0.717, 1.165) is 19.6 Å². The van der Waals surface area contributed by atoms with Crippen molar-refractivity contribution in [1.29, 1.82) is 0 Å². The van der Waals surface area contributed by atoms with E-state index in [-0.39, 0.29) is 55.9 Å². The van der Waals surface area contributed by atoms with E-state index in [4.69, 9.17) is 11.6 Å². The first-order valence-corrected chi connectivity index (χ1v) is 23.9. The normalized spacial score (nSPS) is 27.3. The second-order valence-corrected chi connectivity index (χ2v) is 20.3. The average Bonchev–Trinajstić information content (AvgIpc) is 4.03. The van der Waals surface area contributed by atoms with Crippen LogP contribution in [0.25, 0.3) is 10.4 Å². The van der Waals surface area contributed by atoms with Crippen molar-refractivity contribution in [3.63, 3.8) is 0 Å². The Balaban J connectivity index is 1.26. The van der Waals surface area contributed by atoms with Crippen LogP contribution in [0.1, 0.15) is 77.7 Å². The summed E-state index contributed by atoms with van der Waals surface area (Å²) in [7, 11) is 2.59. The third-order valence-corrected chi connectivity index (χ3v) is 14.4. The summed E-state index contributed by atoms with van der Waals surface area (Å²) in [6.45, 7) is 3.39. The Morgan fingerprint density at radius 3 is 2.30 bits per heavy atom. The summed E-state index contributed by atoms with van der Waals surface area (Å²) in [5.74, 6) is -11.0. The predicted molar refractivity (Wildman–Crippen MR) is 238 cm³/mol. The summed E-state index contributed by atoms with van der Waals surface area (Å²) in [5, 5.41) is 8.10. The van der Waals surface area contributed by atoms with Crippen LogP contribution in [-0.2, 0) is 40.0 Å². The minimum atomic E-state index is -5.43. The maximum absolute atomic E-state index is 15.2. The lowest BCUT2D eigenvalue weighted by Crippen LogP contribution is -2.65. The van der Waals surface area contributed by atoms with Crippen molar-refractivity contribution < 1.29 is 64.3 Å². The zero-order chi connectivity index (χ0) is 50.9. The van der Waals surface area contributed by atoms with Crippen LogP contribution in [0.3, 0.4) is 0 Å². The van der Waals surface area contributed by atoms with Crippen molar-refractivity contribution in [1.82, 2.24) is 40.5 Å². The molecule has 24 heteroatoms. The number of hydrogen-bond acceptors (Lipinski definition) is 9. The Morgan fingerprint density at radius 1 is 1.00 bits per heavy atom. The Bertz CT molecular complexity index is 2270. The second kappa shape index (κ2) is 21.1. The molecule has 6 rings (SSSR count). The standard InChI is InChI=1S/C45H56ClF7N8O7S/c1-23(2)12-30-40(66)59(5)34(14-25-13-26(46)9-10-29(25)35-17-54-22-69-35)41(67)60-18-27(47)15-32(60)36(62)55-11-7-6-8-31(37(63)57-30)58(4)39(65)24(3)56-38(64)33-16-28(48)19-61(33)42(68)43(45(51,52)53)20-44(49,50)21-43/h9-10,13,17,22-24,27-28,30-34H,6-8,11-12,14-16,18-21H2,1-5H3,(H,55,62)(H,56,64)(H,57,63)/t24-,27+,28+,30-,31-,32+,33-,34-/m0/s1. The third-order valence-electron chi connectivity index (χ3n) is 13.4. The highest BCUT2D eigenvalue weighted by atomic mass is 35.5. The number of fused-ring (bicyclic) bond motifs is 1. The molecule has 15 nitrogen and oxygen atoms in total. The number of carbonyl (C=O) groups excluding carboxylic acids is 7. The number of likely N-dealkylation sites (N-methyl/N-ethyl adjacent to an activating group) is 2. The number of nitrogens with one attached hydrogen (secondary N) is 3. The number of nitrogens with zero attached hydrogens (tertiary/aromatic N) is 5. The molecule has 4 fully saturated rings. The summed E-state index contributed by atoms with van der Waals surface area (Å²) >= 11 is 7.78. The summed E-state index contributed by atoms with van der Waals surface area (Å²) in [6, 6.07) is -3.66. The fraction of sp³-hybridized carbons (Fsp3) is 0.644. The summed E-state index contributed by atoms with van der Waals surface area (Å²) < 4.78 is 100. The van der Waals surface area contributed by atoms with Gasteiger partial charge >= 0.3 is 6.18 Å². The molecule has 7 amide bonds. The van der Waals surface area contributed by atoms with Gasteiger partial charge in [0, 0.05) is 64.0 Å². The van der Waals surface area contributed by atoms with Crippen molar-refractivity contribution in [3.05, 3.63) is 40.5 Å². The molecule has 3 N–H and O–H groups in total. The molecule has 3 aliphatic heterocycles. The maximum Gasteiger partial charge on any atom is 0.403 e. The lowest BCUT2D eigenvalue weighted by Gasteiger charge is -2.48. The molecule has 1 aromatic heterocycles. The van der Waals surface area contributed by atoms with Crippen LogP contribution in [-0.4, -0.2) is 160 Å². The van der Waals surface area contributed by atoms with Gasteiger partial charge in [0.15, 0.2) is 5.41 Å². The number of amides is 7. The van der Waals surface area contributed by atoms with Gasteiger partial charge in [-0.25, -0.2) is 17.6 Å². The summed E-state index contributed by atoms with van der Waals surface area (Å²) in [4.78, 5) is 107. The van der Waals surface area contributed by atoms with Gasteiger partial charge in [-0.15, -0.1) is 11.3 Å². The summed E-state index contributed by atoms with van der Waals surface area (Å²) in [5.41, 5.74) is -0.724. The van der Waals surface area contributed by atoms with Gasteiger partial charge in [-0.1, -0.05) is 31.5 Å². The third kappa shape index (κ3) is 11.6. The lowest BCUT2D eigenvalue weighted by molar-refractivity contribution is -0.299. The van der Waals surface area contributed by atoms with Gasteiger partial charge in [0.25, 0.3) is 5.92 Å². The number of thiazole rings is 1. The highest BCUT2D eigenvalue weighted by Gasteiger charge is 2.75. The lowest BCUT2D eigenvalue weighted by atomic mass is 9.64.